The van der Waals surface area contributed by atoms with Crippen molar-refractivity contribution in [2.24, 2.45) is 0 Å². The zero-order chi connectivity index (χ0) is 15.6. The summed E-state index contributed by atoms with van der Waals surface area (Å²) in [6.07, 6.45) is 1.29. The first-order valence-electron chi connectivity index (χ1n) is 7.48. The third-order valence-corrected chi connectivity index (χ3v) is 4.26. The molecule has 3 rings (SSSR count). The van der Waals surface area contributed by atoms with Crippen molar-refractivity contribution in [1.82, 2.24) is 9.97 Å². The van der Waals surface area contributed by atoms with Crippen molar-refractivity contribution in [3.05, 3.63) is 47.7 Å². The standard InChI is InChI=1S/C17H21N3O2/c1-12-8-15(22-2)20-16(19-12)18-11-17(9-14(21)10-17)13-6-4-3-5-7-13/h3-8,14,21H,9-11H2,1-2H3,(H,18,19,20). The van der Waals surface area contributed by atoms with Gasteiger partial charge in [0, 0.05) is 23.7 Å². The molecule has 2 aromatic rings. The predicted molar refractivity (Wildman–Crippen MR) is 85.2 cm³/mol. The van der Waals surface area contributed by atoms with E-state index in [1.165, 1.54) is 5.56 Å². The Morgan fingerprint density at radius 2 is 2.00 bits per heavy atom. The number of nitrogens with zero attached hydrogens (tertiary/aromatic N) is 2. The first-order valence-corrected chi connectivity index (χ1v) is 7.48. The number of methoxy groups -OCH3 is 1. The van der Waals surface area contributed by atoms with Crippen LogP contribution < -0.4 is 10.1 Å². The average Bonchev–Trinajstić information content (AvgIpc) is 2.50. The van der Waals surface area contributed by atoms with Gasteiger partial charge in [0.1, 0.15) is 0 Å². The second-order valence-electron chi connectivity index (χ2n) is 5.94. The first kappa shape index (κ1) is 14.8. The van der Waals surface area contributed by atoms with Crippen LogP contribution in [0.25, 0.3) is 0 Å². The number of benzene rings is 1. The molecule has 1 saturated carbocycles. The lowest BCUT2D eigenvalue weighted by molar-refractivity contribution is 0.0242. The van der Waals surface area contributed by atoms with Gasteiger partial charge < -0.3 is 15.2 Å². The van der Waals surface area contributed by atoms with E-state index in [0.717, 1.165) is 18.5 Å². The van der Waals surface area contributed by atoms with Gasteiger partial charge in [-0.2, -0.15) is 4.98 Å². The van der Waals surface area contributed by atoms with Crippen molar-refractivity contribution in [2.75, 3.05) is 19.0 Å². The minimum absolute atomic E-state index is 0.0545. The maximum atomic E-state index is 9.79. The number of hydrogen-bond donors (Lipinski definition) is 2. The number of aliphatic hydroxyl groups is 1. The molecule has 0 saturated heterocycles. The summed E-state index contributed by atoms with van der Waals surface area (Å²) in [5, 5.41) is 13.1. The molecule has 1 heterocycles. The van der Waals surface area contributed by atoms with Crippen molar-refractivity contribution in [3.8, 4) is 5.88 Å². The SMILES string of the molecule is COc1cc(C)nc(NCC2(c3ccccc3)CC(O)C2)n1. The van der Waals surface area contributed by atoms with Crippen molar-refractivity contribution < 1.29 is 9.84 Å². The Hall–Kier alpha value is -2.14. The van der Waals surface area contributed by atoms with E-state index in [9.17, 15) is 5.11 Å². The van der Waals surface area contributed by atoms with Crippen molar-refractivity contribution >= 4 is 5.95 Å². The number of hydrogen-bond acceptors (Lipinski definition) is 5. The average molecular weight is 299 g/mol. The Labute approximate surface area is 130 Å². The van der Waals surface area contributed by atoms with Crippen molar-refractivity contribution in [1.29, 1.82) is 0 Å². The molecule has 1 fully saturated rings. The van der Waals surface area contributed by atoms with Crippen molar-refractivity contribution in [3.63, 3.8) is 0 Å². The quantitative estimate of drug-likeness (QED) is 0.886. The smallest absolute Gasteiger partial charge is 0.226 e. The van der Waals surface area contributed by atoms with Crippen LogP contribution in [0.15, 0.2) is 36.4 Å². The van der Waals surface area contributed by atoms with E-state index in [-0.39, 0.29) is 11.5 Å². The Morgan fingerprint density at radius 1 is 1.27 bits per heavy atom. The lowest BCUT2D eigenvalue weighted by Crippen LogP contribution is -2.49. The van der Waals surface area contributed by atoms with Gasteiger partial charge in [0.2, 0.25) is 11.8 Å². The van der Waals surface area contributed by atoms with E-state index in [1.54, 1.807) is 13.2 Å². The molecule has 0 bridgehead atoms. The summed E-state index contributed by atoms with van der Waals surface area (Å²) in [6, 6.07) is 12.1. The van der Waals surface area contributed by atoms with E-state index in [4.69, 9.17) is 4.74 Å². The summed E-state index contributed by atoms with van der Waals surface area (Å²) >= 11 is 0. The van der Waals surface area contributed by atoms with Crippen LogP contribution in [-0.4, -0.2) is 34.8 Å². The van der Waals surface area contributed by atoms with Gasteiger partial charge >= 0.3 is 0 Å². The van der Waals surface area contributed by atoms with E-state index >= 15 is 0 Å². The largest absolute Gasteiger partial charge is 0.481 e. The van der Waals surface area contributed by atoms with E-state index in [2.05, 4.69) is 27.4 Å². The van der Waals surface area contributed by atoms with E-state index in [1.807, 2.05) is 25.1 Å². The Morgan fingerprint density at radius 3 is 2.64 bits per heavy atom. The molecule has 0 unspecified atom stereocenters. The summed E-state index contributed by atoms with van der Waals surface area (Å²) in [5.74, 6) is 1.12. The third kappa shape index (κ3) is 2.90. The summed E-state index contributed by atoms with van der Waals surface area (Å²) in [5.41, 5.74) is 2.05. The second kappa shape index (κ2) is 5.93. The van der Waals surface area contributed by atoms with Crippen LogP contribution in [-0.2, 0) is 5.41 Å². The van der Waals surface area contributed by atoms with Crippen LogP contribution in [0.3, 0.4) is 0 Å². The maximum Gasteiger partial charge on any atom is 0.226 e. The number of aliphatic hydroxyl groups excluding tert-OH is 1. The number of aryl methyl sites for hydroxylation is 1. The molecule has 1 aromatic heterocycles. The van der Waals surface area contributed by atoms with Crippen LogP contribution >= 0.6 is 0 Å². The molecule has 1 aromatic carbocycles. The monoisotopic (exact) mass is 299 g/mol. The van der Waals surface area contributed by atoms with Gasteiger partial charge in [0.05, 0.1) is 13.2 Å². The van der Waals surface area contributed by atoms with Crippen LogP contribution in [0.4, 0.5) is 5.95 Å². The fourth-order valence-corrected chi connectivity index (χ4v) is 3.09. The molecule has 0 aliphatic heterocycles. The highest BCUT2D eigenvalue weighted by Gasteiger charge is 2.44. The number of aromatic nitrogens is 2. The van der Waals surface area contributed by atoms with Gasteiger partial charge in [-0.15, -0.1) is 0 Å². The highest BCUT2D eigenvalue weighted by Crippen LogP contribution is 2.43. The topological polar surface area (TPSA) is 67.3 Å². The maximum absolute atomic E-state index is 9.79. The molecule has 5 nitrogen and oxygen atoms in total. The normalized spacial score (nSPS) is 23.7. The number of nitrogens with one attached hydrogen (secondary N) is 1. The lowest BCUT2D eigenvalue weighted by atomic mass is 9.62. The summed E-state index contributed by atoms with van der Waals surface area (Å²) in [7, 11) is 1.60. The zero-order valence-corrected chi connectivity index (χ0v) is 12.9. The molecule has 0 spiro atoms. The van der Waals surface area contributed by atoms with Crippen LogP contribution in [0.2, 0.25) is 0 Å². The fraction of sp³-hybridized carbons (Fsp3) is 0.412. The molecule has 1 aliphatic carbocycles. The molecule has 116 valence electrons. The van der Waals surface area contributed by atoms with Gasteiger partial charge in [0.25, 0.3) is 0 Å². The molecule has 22 heavy (non-hydrogen) atoms. The molecule has 2 N–H and O–H groups in total. The van der Waals surface area contributed by atoms with Crippen molar-refractivity contribution in [2.45, 2.75) is 31.3 Å². The second-order valence-corrected chi connectivity index (χ2v) is 5.94. The highest BCUT2D eigenvalue weighted by atomic mass is 16.5. The third-order valence-electron chi connectivity index (χ3n) is 4.26. The highest BCUT2D eigenvalue weighted by molar-refractivity contribution is 5.36. The number of anilines is 1. The Bertz CT molecular complexity index is 640. The molecule has 0 radical (unpaired) electrons. The number of rotatable bonds is 5. The Kier molecular flexibility index (Phi) is 3.98. The molecular weight excluding hydrogens is 278 g/mol. The van der Waals surface area contributed by atoms with Gasteiger partial charge in [-0.1, -0.05) is 30.3 Å². The summed E-state index contributed by atoms with van der Waals surface area (Å²) < 4.78 is 5.18. The van der Waals surface area contributed by atoms with E-state index < -0.39 is 0 Å². The molecule has 1 aliphatic rings. The summed E-state index contributed by atoms with van der Waals surface area (Å²) in [6.45, 7) is 2.61. The number of ether oxygens (including phenoxy) is 1. The minimum Gasteiger partial charge on any atom is -0.481 e. The van der Waals surface area contributed by atoms with Crippen LogP contribution in [0.1, 0.15) is 24.1 Å². The summed E-state index contributed by atoms with van der Waals surface area (Å²) in [4.78, 5) is 8.71. The fourth-order valence-electron chi connectivity index (χ4n) is 3.09. The molecular formula is C17H21N3O2. The molecule has 5 heteroatoms. The Balaban J connectivity index is 1.77. The minimum atomic E-state index is -0.227. The molecule has 0 amide bonds. The van der Waals surface area contributed by atoms with E-state index in [0.29, 0.717) is 18.4 Å². The first-order chi connectivity index (χ1) is 10.6. The van der Waals surface area contributed by atoms with Crippen LogP contribution in [0.5, 0.6) is 5.88 Å². The zero-order valence-electron chi connectivity index (χ0n) is 12.9. The van der Waals surface area contributed by atoms with Gasteiger partial charge in [0.15, 0.2) is 0 Å². The van der Waals surface area contributed by atoms with Gasteiger partial charge in [-0.25, -0.2) is 4.98 Å². The van der Waals surface area contributed by atoms with Crippen LogP contribution in [0, 0.1) is 6.92 Å². The lowest BCUT2D eigenvalue weighted by Gasteiger charge is -2.46. The molecule has 0 atom stereocenters. The predicted octanol–water partition coefficient (Wildman–Crippen LogP) is 2.30. The van der Waals surface area contributed by atoms with Gasteiger partial charge in [-0.3, -0.25) is 0 Å². The van der Waals surface area contributed by atoms with Gasteiger partial charge in [-0.05, 0) is 25.3 Å².